The van der Waals surface area contributed by atoms with Crippen LogP contribution in [0.5, 0.6) is 0 Å². The van der Waals surface area contributed by atoms with Crippen molar-refractivity contribution in [3.05, 3.63) is 23.8 Å². The zero-order valence-corrected chi connectivity index (χ0v) is 21.2. The molecule has 32 heavy (non-hydrogen) atoms. The molecule has 4 aliphatic carbocycles. The minimum absolute atomic E-state index is 0.00502. The third-order valence-electron chi connectivity index (χ3n) is 10.6. The highest BCUT2D eigenvalue weighted by molar-refractivity contribution is 6.08. The van der Waals surface area contributed by atoms with Crippen LogP contribution in [0, 0.1) is 52.3 Å². The van der Waals surface area contributed by atoms with E-state index in [-0.39, 0.29) is 11.2 Å². The summed E-state index contributed by atoms with van der Waals surface area (Å²) < 4.78 is 0. The molecule has 3 saturated carbocycles. The fraction of sp³-hybridized carbons (Fsp3) is 0.793. The zero-order chi connectivity index (χ0) is 23.3. The average Bonchev–Trinajstić information content (AvgIpc) is 3.11. The summed E-state index contributed by atoms with van der Waals surface area (Å²) in [5.41, 5.74) is 2.21. The molecule has 3 heteroatoms. The maximum atomic E-state index is 12.2. The van der Waals surface area contributed by atoms with E-state index in [9.17, 15) is 10.0 Å². The van der Waals surface area contributed by atoms with Gasteiger partial charge in [-0.15, -0.1) is 0 Å². The van der Waals surface area contributed by atoms with Crippen molar-refractivity contribution in [2.45, 2.75) is 92.9 Å². The average molecular weight is 440 g/mol. The van der Waals surface area contributed by atoms with Gasteiger partial charge in [0.2, 0.25) is 0 Å². The molecule has 1 N–H and O–H groups in total. The molecule has 0 spiro atoms. The first kappa shape index (κ1) is 23.8. The Labute approximate surface area is 195 Å². The molecule has 3 fully saturated rings. The predicted octanol–water partition coefficient (Wildman–Crippen LogP) is 7.45. The Hall–Kier alpha value is -1.38. The van der Waals surface area contributed by atoms with Gasteiger partial charge in [-0.25, -0.2) is 0 Å². The summed E-state index contributed by atoms with van der Waals surface area (Å²) in [6.45, 7) is 14.4. The normalized spacial score (nSPS) is 42.5. The summed E-state index contributed by atoms with van der Waals surface area (Å²) in [5.74, 6) is 4.82. The molecule has 0 aromatic heterocycles. The van der Waals surface area contributed by atoms with Crippen LogP contribution in [0.15, 0.2) is 29.0 Å². The lowest BCUT2D eigenvalue weighted by Crippen LogP contribution is -2.53. The van der Waals surface area contributed by atoms with Gasteiger partial charge in [0, 0.05) is 6.42 Å². The first-order valence-electron chi connectivity index (χ1n) is 13.3. The molecule has 4 aliphatic rings. The molecular weight excluding hydrogens is 394 g/mol. The molecule has 0 aromatic carbocycles. The van der Waals surface area contributed by atoms with Crippen LogP contribution in [-0.2, 0) is 4.79 Å². The number of hydrogen-bond acceptors (Lipinski definition) is 3. The van der Waals surface area contributed by atoms with Gasteiger partial charge < -0.3 is 5.21 Å². The van der Waals surface area contributed by atoms with E-state index >= 15 is 0 Å². The van der Waals surface area contributed by atoms with E-state index in [0.717, 1.165) is 30.0 Å². The number of carbonyl (C=O) groups is 1. The number of ketones is 1. The predicted molar refractivity (Wildman–Crippen MR) is 132 cm³/mol. The minimum atomic E-state index is -0.00502. The number of carbonyl (C=O) groups excluding carboxylic acids is 1. The second-order valence-corrected chi connectivity index (χ2v) is 12.4. The first-order valence-corrected chi connectivity index (χ1v) is 13.3. The SMILES string of the molecule is CCC(/C=C/[C@@H](C)[C@H]1CC[C@H]2[C@@H]3C/C(=N/O)C4=CC(=O)CC[C@]4(C)[C@H]3CC[C@]12C)C(C)C. The highest BCUT2D eigenvalue weighted by Gasteiger charge is 2.60. The lowest BCUT2D eigenvalue weighted by atomic mass is 9.46. The quantitative estimate of drug-likeness (QED) is 0.275. The van der Waals surface area contributed by atoms with Crippen LogP contribution in [0.4, 0.5) is 0 Å². The van der Waals surface area contributed by atoms with Crippen molar-refractivity contribution in [1.29, 1.82) is 0 Å². The van der Waals surface area contributed by atoms with Gasteiger partial charge in [0.15, 0.2) is 5.78 Å². The van der Waals surface area contributed by atoms with Gasteiger partial charge in [0.05, 0.1) is 5.71 Å². The Morgan fingerprint density at radius 2 is 1.88 bits per heavy atom. The molecule has 0 bridgehead atoms. The van der Waals surface area contributed by atoms with Gasteiger partial charge in [0.25, 0.3) is 0 Å². The summed E-state index contributed by atoms with van der Waals surface area (Å²) >= 11 is 0. The Balaban J connectivity index is 1.59. The van der Waals surface area contributed by atoms with Gasteiger partial charge in [-0.3, -0.25) is 4.79 Å². The summed E-state index contributed by atoms with van der Waals surface area (Å²) in [5, 5.41) is 13.6. The van der Waals surface area contributed by atoms with Gasteiger partial charge in [-0.05, 0) is 109 Å². The lowest BCUT2D eigenvalue weighted by molar-refractivity contribution is -0.116. The second kappa shape index (κ2) is 8.76. The van der Waals surface area contributed by atoms with E-state index in [0.29, 0.717) is 47.3 Å². The van der Waals surface area contributed by atoms with Crippen molar-refractivity contribution < 1.29 is 10.0 Å². The van der Waals surface area contributed by atoms with E-state index in [2.05, 4.69) is 58.9 Å². The third-order valence-corrected chi connectivity index (χ3v) is 10.6. The molecule has 0 heterocycles. The van der Waals surface area contributed by atoms with Crippen LogP contribution in [0.2, 0.25) is 0 Å². The molecule has 3 nitrogen and oxygen atoms in total. The van der Waals surface area contributed by atoms with E-state index in [4.69, 9.17) is 0 Å². The van der Waals surface area contributed by atoms with Crippen LogP contribution in [0.1, 0.15) is 92.9 Å². The summed E-state index contributed by atoms with van der Waals surface area (Å²) in [4.78, 5) is 12.2. The maximum Gasteiger partial charge on any atom is 0.156 e. The van der Waals surface area contributed by atoms with Crippen molar-refractivity contribution in [3.63, 3.8) is 0 Å². The molecule has 0 aliphatic heterocycles. The zero-order valence-electron chi connectivity index (χ0n) is 21.2. The van der Waals surface area contributed by atoms with Gasteiger partial charge in [-0.1, -0.05) is 58.9 Å². The maximum absolute atomic E-state index is 12.2. The van der Waals surface area contributed by atoms with Gasteiger partial charge in [-0.2, -0.15) is 0 Å². The minimum Gasteiger partial charge on any atom is -0.411 e. The molecule has 0 radical (unpaired) electrons. The van der Waals surface area contributed by atoms with E-state index < -0.39 is 0 Å². The largest absolute Gasteiger partial charge is 0.411 e. The molecule has 0 aromatic rings. The molecular formula is C29H45NO2. The highest BCUT2D eigenvalue weighted by atomic mass is 16.4. The Bertz CT molecular complexity index is 823. The van der Waals surface area contributed by atoms with E-state index in [1.807, 2.05) is 6.08 Å². The van der Waals surface area contributed by atoms with Crippen molar-refractivity contribution in [3.8, 4) is 0 Å². The number of hydrogen-bond donors (Lipinski definition) is 1. The summed E-state index contributed by atoms with van der Waals surface area (Å²) in [6, 6.07) is 0. The van der Waals surface area contributed by atoms with Crippen LogP contribution in [0.3, 0.4) is 0 Å². The van der Waals surface area contributed by atoms with E-state index in [1.165, 1.54) is 32.1 Å². The van der Waals surface area contributed by atoms with Crippen molar-refractivity contribution >= 4 is 11.5 Å². The third kappa shape index (κ3) is 3.72. The number of oxime groups is 1. The molecule has 8 atom stereocenters. The fourth-order valence-corrected chi connectivity index (χ4v) is 8.69. The van der Waals surface area contributed by atoms with Crippen molar-refractivity contribution in [2.24, 2.45) is 57.4 Å². The Morgan fingerprint density at radius 3 is 2.53 bits per heavy atom. The van der Waals surface area contributed by atoms with E-state index in [1.54, 1.807) is 0 Å². The van der Waals surface area contributed by atoms with Crippen molar-refractivity contribution in [2.75, 3.05) is 0 Å². The smallest absolute Gasteiger partial charge is 0.156 e. The van der Waals surface area contributed by atoms with Gasteiger partial charge in [0.1, 0.15) is 0 Å². The van der Waals surface area contributed by atoms with Gasteiger partial charge >= 0.3 is 0 Å². The second-order valence-electron chi connectivity index (χ2n) is 12.4. The summed E-state index contributed by atoms with van der Waals surface area (Å²) in [6.07, 6.45) is 15.6. The fourth-order valence-electron chi connectivity index (χ4n) is 8.69. The lowest BCUT2D eigenvalue weighted by Gasteiger charge is -2.58. The Morgan fingerprint density at radius 1 is 1.12 bits per heavy atom. The van der Waals surface area contributed by atoms with Crippen LogP contribution >= 0.6 is 0 Å². The topological polar surface area (TPSA) is 49.7 Å². The van der Waals surface area contributed by atoms with Crippen LogP contribution < -0.4 is 0 Å². The molecule has 0 saturated heterocycles. The number of nitrogens with zero attached hydrogens (tertiary/aromatic N) is 1. The first-order chi connectivity index (χ1) is 15.2. The molecule has 4 rings (SSSR count). The van der Waals surface area contributed by atoms with Crippen molar-refractivity contribution in [1.82, 2.24) is 0 Å². The molecule has 178 valence electrons. The number of allylic oxidation sites excluding steroid dienone is 3. The highest BCUT2D eigenvalue weighted by Crippen LogP contribution is 2.67. The monoisotopic (exact) mass is 439 g/mol. The molecule has 0 amide bonds. The Kier molecular flexibility index (Phi) is 6.51. The number of fused-ring (bicyclic) bond motifs is 5. The number of rotatable bonds is 5. The van der Waals surface area contributed by atoms with Crippen LogP contribution in [0.25, 0.3) is 0 Å². The standard InChI is InChI=1S/C29H45NO2/c1-7-20(18(2)3)9-8-19(4)23-10-11-24-22-17-27(30-32)26-16-21(31)12-14-29(26,6)25(22)13-15-28(23,24)5/h8-9,16,18-20,22-25,32H,7,10-15,17H2,1-6H3/b9-8+,30-27-/t19-,20?,22+,23-,24+,25+,28-,29-/m1/s1. The molecule has 1 unspecified atom stereocenters. The summed E-state index contributed by atoms with van der Waals surface area (Å²) in [7, 11) is 0. The van der Waals surface area contributed by atoms with Crippen LogP contribution in [-0.4, -0.2) is 16.7 Å².